The van der Waals surface area contributed by atoms with Gasteiger partial charge in [-0.25, -0.2) is 8.78 Å². The molecule has 0 fully saturated rings. The van der Waals surface area contributed by atoms with Crippen LogP contribution in [-0.2, 0) is 16.0 Å². The largest absolute Gasteiger partial charge is 0.492 e. The highest BCUT2D eigenvalue weighted by Gasteiger charge is 2.28. The van der Waals surface area contributed by atoms with Crippen LogP contribution in [0.4, 0.5) is 8.78 Å². The van der Waals surface area contributed by atoms with Gasteiger partial charge in [0.25, 0.3) is 0 Å². The summed E-state index contributed by atoms with van der Waals surface area (Å²) in [4.78, 5) is 24.1. The summed E-state index contributed by atoms with van der Waals surface area (Å²) >= 11 is 5.92. The average Bonchev–Trinajstić information content (AvgIpc) is 2.61. The van der Waals surface area contributed by atoms with Crippen LogP contribution in [-0.4, -0.2) is 25.0 Å². The van der Waals surface area contributed by atoms with Gasteiger partial charge in [-0.05, 0) is 48.4 Å². The highest BCUT2D eigenvalue weighted by Crippen LogP contribution is 2.30. The minimum atomic E-state index is -1.13. The Balaban J connectivity index is 1.59. The normalized spacial score (nSPS) is 15.9. The first-order valence-electron chi connectivity index (χ1n) is 7.50. The molecule has 0 unspecified atom stereocenters. The summed E-state index contributed by atoms with van der Waals surface area (Å²) in [5.74, 6) is -3.31. The molecule has 0 aromatic heterocycles. The van der Waals surface area contributed by atoms with E-state index in [1.165, 1.54) is 0 Å². The van der Waals surface area contributed by atoms with Gasteiger partial charge in [0.15, 0.2) is 24.0 Å². The Kier molecular flexibility index (Phi) is 4.99. The maximum atomic E-state index is 13.1. The second-order valence-corrected chi connectivity index (χ2v) is 6.06. The van der Waals surface area contributed by atoms with Crippen LogP contribution in [0.5, 0.6) is 5.75 Å². The monoisotopic (exact) mass is 366 g/mol. The first-order chi connectivity index (χ1) is 11.9. The van der Waals surface area contributed by atoms with Crippen molar-refractivity contribution in [1.82, 2.24) is 0 Å². The smallest absolute Gasteiger partial charge is 0.313 e. The zero-order valence-electron chi connectivity index (χ0n) is 12.9. The molecule has 2 aromatic rings. The average molecular weight is 367 g/mol. The summed E-state index contributed by atoms with van der Waals surface area (Å²) in [7, 11) is 0. The van der Waals surface area contributed by atoms with Crippen LogP contribution in [0.3, 0.4) is 0 Å². The fraction of sp³-hybridized carbons (Fsp3) is 0.222. The minimum absolute atomic E-state index is 0.0660. The number of benzene rings is 2. The van der Waals surface area contributed by atoms with Gasteiger partial charge in [0.05, 0.1) is 5.92 Å². The van der Waals surface area contributed by atoms with E-state index >= 15 is 0 Å². The van der Waals surface area contributed by atoms with Crippen molar-refractivity contribution >= 4 is 23.4 Å². The van der Waals surface area contributed by atoms with E-state index in [1.807, 2.05) is 0 Å². The molecule has 0 saturated carbocycles. The fourth-order valence-electron chi connectivity index (χ4n) is 2.52. The van der Waals surface area contributed by atoms with Gasteiger partial charge in [0, 0.05) is 10.6 Å². The summed E-state index contributed by atoms with van der Waals surface area (Å²) in [5.41, 5.74) is 0.719. The van der Waals surface area contributed by atoms with E-state index < -0.39 is 35.9 Å². The van der Waals surface area contributed by atoms with Crippen molar-refractivity contribution in [2.24, 2.45) is 5.92 Å². The number of fused-ring (bicyclic) bond motifs is 1. The highest BCUT2D eigenvalue weighted by molar-refractivity contribution is 6.30. The van der Waals surface area contributed by atoms with Crippen molar-refractivity contribution < 1.29 is 27.8 Å². The predicted octanol–water partition coefficient (Wildman–Crippen LogP) is 3.60. The van der Waals surface area contributed by atoms with Gasteiger partial charge in [-0.2, -0.15) is 0 Å². The van der Waals surface area contributed by atoms with Crippen LogP contribution in [0.25, 0.3) is 0 Å². The van der Waals surface area contributed by atoms with Gasteiger partial charge < -0.3 is 9.47 Å². The molecule has 4 nitrogen and oxygen atoms in total. The lowest BCUT2D eigenvalue weighted by Gasteiger charge is -2.24. The van der Waals surface area contributed by atoms with Crippen molar-refractivity contribution in [2.75, 3.05) is 13.2 Å². The number of ketones is 1. The number of hydrogen-bond acceptors (Lipinski definition) is 4. The second kappa shape index (κ2) is 7.19. The number of Topliss-reactive ketones (excluding diaryl/α,β-unsaturated/α-hetero) is 1. The maximum absolute atomic E-state index is 13.1. The molecule has 1 aliphatic heterocycles. The van der Waals surface area contributed by atoms with Crippen LogP contribution in [0.1, 0.15) is 15.9 Å². The molecule has 1 atom stereocenters. The van der Waals surface area contributed by atoms with Gasteiger partial charge in [0.2, 0.25) is 0 Å². The van der Waals surface area contributed by atoms with Gasteiger partial charge in [-0.1, -0.05) is 11.6 Å². The Hall–Kier alpha value is -2.47. The van der Waals surface area contributed by atoms with Crippen LogP contribution in [0, 0.1) is 17.6 Å². The lowest BCUT2D eigenvalue weighted by Crippen LogP contribution is -2.31. The molecule has 130 valence electrons. The second-order valence-electron chi connectivity index (χ2n) is 5.62. The zero-order chi connectivity index (χ0) is 18.0. The Labute approximate surface area is 147 Å². The fourth-order valence-corrected chi connectivity index (χ4v) is 2.72. The van der Waals surface area contributed by atoms with E-state index in [4.69, 9.17) is 21.1 Å². The molecule has 0 radical (unpaired) electrons. The Morgan fingerprint density at radius 2 is 1.96 bits per heavy atom. The third-order valence-corrected chi connectivity index (χ3v) is 4.08. The van der Waals surface area contributed by atoms with Gasteiger partial charge in [-0.3, -0.25) is 9.59 Å². The third kappa shape index (κ3) is 3.96. The van der Waals surface area contributed by atoms with E-state index in [0.29, 0.717) is 17.2 Å². The van der Waals surface area contributed by atoms with Crippen molar-refractivity contribution in [2.45, 2.75) is 6.42 Å². The molecular weight excluding hydrogens is 354 g/mol. The Morgan fingerprint density at radius 1 is 1.16 bits per heavy atom. The van der Waals surface area contributed by atoms with E-state index in [2.05, 4.69) is 0 Å². The first kappa shape index (κ1) is 17.4. The molecule has 2 aromatic carbocycles. The summed E-state index contributed by atoms with van der Waals surface area (Å²) < 4.78 is 36.5. The van der Waals surface area contributed by atoms with Gasteiger partial charge in [-0.15, -0.1) is 0 Å². The molecule has 1 aliphatic rings. The molecule has 0 amide bonds. The third-order valence-electron chi connectivity index (χ3n) is 3.85. The standard InChI is InChI=1S/C18H13ClF2O4/c19-13-2-4-17-11(6-13)5-12(8-24-17)18(23)25-9-16(22)10-1-3-14(20)15(21)7-10/h1-4,6-7,12H,5,8-9H2/t12-/m1/s1. The Bertz CT molecular complexity index is 838. The predicted molar refractivity (Wildman–Crippen MR) is 85.8 cm³/mol. The molecule has 1 heterocycles. The van der Waals surface area contributed by atoms with E-state index in [-0.39, 0.29) is 12.2 Å². The molecular formula is C18H13ClF2O4. The van der Waals surface area contributed by atoms with Crippen LogP contribution >= 0.6 is 11.6 Å². The maximum Gasteiger partial charge on any atom is 0.313 e. The number of hydrogen-bond donors (Lipinski definition) is 0. The molecule has 0 bridgehead atoms. The lowest BCUT2D eigenvalue weighted by molar-refractivity contribution is -0.148. The van der Waals surface area contributed by atoms with Crippen LogP contribution in [0.2, 0.25) is 5.02 Å². The topological polar surface area (TPSA) is 52.6 Å². The van der Waals surface area contributed by atoms with Crippen molar-refractivity contribution in [3.8, 4) is 5.75 Å². The molecule has 0 spiro atoms. The van der Waals surface area contributed by atoms with Crippen LogP contribution < -0.4 is 4.74 Å². The summed E-state index contributed by atoms with van der Waals surface area (Å²) in [6.07, 6.45) is 0.383. The quantitative estimate of drug-likeness (QED) is 0.613. The number of ether oxygens (including phenoxy) is 2. The lowest BCUT2D eigenvalue weighted by atomic mass is 9.97. The number of rotatable bonds is 4. The minimum Gasteiger partial charge on any atom is -0.492 e. The molecule has 0 aliphatic carbocycles. The van der Waals surface area contributed by atoms with Crippen molar-refractivity contribution in [3.05, 3.63) is 64.2 Å². The number of carbonyl (C=O) groups is 2. The van der Waals surface area contributed by atoms with E-state index in [9.17, 15) is 18.4 Å². The molecule has 25 heavy (non-hydrogen) atoms. The molecule has 3 rings (SSSR count). The first-order valence-corrected chi connectivity index (χ1v) is 7.88. The van der Waals surface area contributed by atoms with Gasteiger partial charge in [0.1, 0.15) is 12.4 Å². The number of carbonyl (C=O) groups excluding carboxylic acids is 2. The van der Waals surface area contributed by atoms with Crippen molar-refractivity contribution in [3.63, 3.8) is 0 Å². The summed E-state index contributed by atoms with van der Waals surface area (Å²) in [5, 5.41) is 0.532. The van der Waals surface area contributed by atoms with Crippen molar-refractivity contribution in [1.29, 1.82) is 0 Å². The van der Waals surface area contributed by atoms with Gasteiger partial charge >= 0.3 is 5.97 Å². The SMILES string of the molecule is O=C(COC(=O)[C@H]1COc2ccc(Cl)cc2C1)c1ccc(F)c(F)c1. The summed E-state index contributed by atoms with van der Waals surface area (Å²) in [6.45, 7) is -0.421. The molecule has 7 heteroatoms. The van der Waals surface area contributed by atoms with Crippen LogP contribution in [0.15, 0.2) is 36.4 Å². The number of halogens is 3. The summed E-state index contributed by atoms with van der Waals surface area (Å²) in [6, 6.07) is 7.89. The van der Waals surface area contributed by atoms with E-state index in [1.54, 1.807) is 18.2 Å². The zero-order valence-corrected chi connectivity index (χ0v) is 13.7. The highest BCUT2D eigenvalue weighted by atomic mass is 35.5. The Morgan fingerprint density at radius 3 is 2.72 bits per heavy atom. The molecule has 0 saturated heterocycles. The number of esters is 1. The molecule has 0 N–H and O–H groups in total. The van der Waals surface area contributed by atoms with E-state index in [0.717, 1.165) is 23.8 Å².